The molecule has 106 valence electrons. The maximum absolute atomic E-state index is 5.75. The van der Waals surface area contributed by atoms with Gasteiger partial charge in [0.05, 0.1) is 19.4 Å². The molecule has 0 aliphatic rings. The van der Waals surface area contributed by atoms with Crippen molar-refractivity contribution >= 4 is 0 Å². The van der Waals surface area contributed by atoms with Crippen molar-refractivity contribution in [1.82, 2.24) is 4.98 Å². The van der Waals surface area contributed by atoms with Gasteiger partial charge in [-0.05, 0) is 37.6 Å². The minimum atomic E-state index is 0.127. The van der Waals surface area contributed by atoms with Gasteiger partial charge in [-0.15, -0.1) is 0 Å². The summed E-state index contributed by atoms with van der Waals surface area (Å²) in [4.78, 5) is 4.22. The fourth-order valence-electron chi connectivity index (χ4n) is 2.03. The van der Waals surface area contributed by atoms with Crippen molar-refractivity contribution in [2.45, 2.75) is 26.5 Å². The molecule has 0 amide bonds. The Kier molecular flexibility index (Phi) is 4.58. The third-order valence-electron chi connectivity index (χ3n) is 2.92. The van der Waals surface area contributed by atoms with Crippen LogP contribution < -0.4 is 15.2 Å². The van der Waals surface area contributed by atoms with Crippen LogP contribution in [0.15, 0.2) is 36.7 Å². The van der Waals surface area contributed by atoms with E-state index in [1.807, 2.05) is 44.3 Å². The minimum Gasteiger partial charge on any atom is -0.496 e. The Morgan fingerprint density at radius 2 is 1.95 bits per heavy atom. The summed E-state index contributed by atoms with van der Waals surface area (Å²) in [5.41, 5.74) is 8.77. The number of methoxy groups -OCH3 is 1. The highest BCUT2D eigenvalue weighted by Gasteiger charge is 2.06. The van der Waals surface area contributed by atoms with Crippen molar-refractivity contribution in [1.29, 1.82) is 0 Å². The molecule has 0 aliphatic heterocycles. The lowest BCUT2D eigenvalue weighted by molar-refractivity contribution is 0.241. The molecule has 20 heavy (non-hydrogen) atoms. The zero-order valence-corrected chi connectivity index (χ0v) is 12.1. The third-order valence-corrected chi connectivity index (χ3v) is 2.92. The first kappa shape index (κ1) is 14.3. The van der Waals surface area contributed by atoms with E-state index in [9.17, 15) is 0 Å². The Morgan fingerprint density at radius 1 is 1.15 bits per heavy atom. The molecule has 1 aromatic carbocycles. The summed E-state index contributed by atoms with van der Waals surface area (Å²) in [7, 11) is 1.65. The molecule has 1 heterocycles. The van der Waals surface area contributed by atoms with Crippen LogP contribution >= 0.6 is 0 Å². The van der Waals surface area contributed by atoms with Gasteiger partial charge in [0.15, 0.2) is 0 Å². The van der Waals surface area contributed by atoms with Gasteiger partial charge in [0.2, 0.25) is 0 Å². The van der Waals surface area contributed by atoms with Crippen molar-refractivity contribution in [2.24, 2.45) is 5.73 Å². The highest BCUT2D eigenvalue weighted by atomic mass is 16.5. The normalized spacial score (nSPS) is 10.7. The van der Waals surface area contributed by atoms with Crippen LogP contribution in [0, 0.1) is 0 Å². The maximum Gasteiger partial charge on any atom is 0.138 e. The molecular weight excluding hydrogens is 252 g/mol. The number of rotatable bonds is 5. The fourth-order valence-corrected chi connectivity index (χ4v) is 2.03. The van der Waals surface area contributed by atoms with Crippen molar-refractivity contribution in [2.75, 3.05) is 7.11 Å². The summed E-state index contributed by atoms with van der Waals surface area (Å²) in [5.74, 6) is 1.57. The van der Waals surface area contributed by atoms with Gasteiger partial charge in [-0.2, -0.15) is 0 Å². The van der Waals surface area contributed by atoms with E-state index in [1.165, 1.54) is 0 Å². The summed E-state index contributed by atoms with van der Waals surface area (Å²) in [6.07, 6.45) is 3.66. The van der Waals surface area contributed by atoms with Gasteiger partial charge in [0.25, 0.3) is 0 Å². The molecule has 0 aliphatic carbocycles. The van der Waals surface area contributed by atoms with Gasteiger partial charge >= 0.3 is 0 Å². The number of hydrogen-bond acceptors (Lipinski definition) is 4. The first-order valence-electron chi connectivity index (χ1n) is 6.63. The second kappa shape index (κ2) is 6.39. The average Bonchev–Trinajstić information content (AvgIpc) is 2.46. The number of nitrogens with two attached hydrogens (primary N) is 1. The molecule has 2 aromatic rings. The Labute approximate surface area is 119 Å². The number of nitrogens with zero attached hydrogens (tertiary/aromatic N) is 1. The number of aromatic nitrogens is 1. The second-order valence-electron chi connectivity index (χ2n) is 4.81. The molecule has 0 atom stereocenters. The van der Waals surface area contributed by atoms with E-state index >= 15 is 0 Å². The molecule has 2 N–H and O–H groups in total. The fraction of sp³-hybridized carbons (Fsp3) is 0.312. The number of pyridine rings is 1. The van der Waals surface area contributed by atoms with Crippen LogP contribution in [-0.2, 0) is 6.54 Å². The lowest BCUT2D eigenvalue weighted by atomic mass is 10.0. The van der Waals surface area contributed by atoms with E-state index in [1.54, 1.807) is 13.3 Å². The average molecular weight is 272 g/mol. The van der Waals surface area contributed by atoms with E-state index < -0.39 is 0 Å². The highest BCUT2D eigenvalue weighted by Crippen LogP contribution is 2.28. The van der Waals surface area contributed by atoms with Crippen molar-refractivity contribution in [3.63, 3.8) is 0 Å². The van der Waals surface area contributed by atoms with E-state index in [-0.39, 0.29) is 6.10 Å². The zero-order chi connectivity index (χ0) is 14.5. The van der Waals surface area contributed by atoms with E-state index in [4.69, 9.17) is 15.2 Å². The topological polar surface area (TPSA) is 57.4 Å². The minimum absolute atomic E-state index is 0.127. The molecule has 0 saturated heterocycles. The van der Waals surface area contributed by atoms with E-state index in [0.717, 1.165) is 28.2 Å². The van der Waals surface area contributed by atoms with Crippen LogP contribution in [0.2, 0.25) is 0 Å². The summed E-state index contributed by atoms with van der Waals surface area (Å²) in [6.45, 7) is 4.42. The van der Waals surface area contributed by atoms with Gasteiger partial charge in [0, 0.05) is 23.9 Å². The van der Waals surface area contributed by atoms with Gasteiger partial charge in [-0.25, -0.2) is 0 Å². The van der Waals surface area contributed by atoms with E-state index in [2.05, 4.69) is 4.98 Å². The quantitative estimate of drug-likeness (QED) is 0.909. The molecule has 0 fully saturated rings. The summed E-state index contributed by atoms with van der Waals surface area (Å²) < 4.78 is 10.9. The monoisotopic (exact) mass is 272 g/mol. The molecule has 0 saturated carbocycles. The SMILES string of the molecule is COc1ccc(-c2cncc(OC(C)C)c2)cc1CN. The predicted molar refractivity (Wildman–Crippen MR) is 79.9 cm³/mol. The van der Waals surface area contributed by atoms with Crippen LogP contribution in [0.1, 0.15) is 19.4 Å². The predicted octanol–water partition coefficient (Wildman–Crippen LogP) is 3.00. The van der Waals surface area contributed by atoms with Gasteiger partial charge in [0.1, 0.15) is 11.5 Å². The molecule has 0 bridgehead atoms. The number of hydrogen-bond donors (Lipinski definition) is 1. The molecule has 0 unspecified atom stereocenters. The largest absolute Gasteiger partial charge is 0.496 e. The van der Waals surface area contributed by atoms with Gasteiger partial charge < -0.3 is 15.2 Å². The third kappa shape index (κ3) is 3.27. The zero-order valence-electron chi connectivity index (χ0n) is 12.1. The number of benzene rings is 1. The van der Waals surface area contributed by atoms with Crippen molar-refractivity contribution in [3.05, 3.63) is 42.2 Å². The molecule has 0 radical (unpaired) electrons. The lowest BCUT2D eigenvalue weighted by Crippen LogP contribution is -2.05. The summed E-state index contributed by atoms with van der Waals surface area (Å²) in [5, 5.41) is 0. The van der Waals surface area contributed by atoms with Crippen molar-refractivity contribution in [3.8, 4) is 22.6 Å². The maximum atomic E-state index is 5.75. The first-order chi connectivity index (χ1) is 9.63. The highest BCUT2D eigenvalue weighted by molar-refractivity contribution is 5.66. The van der Waals surface area contributed by atoms with Crippen LogP contribution in [-0.4, -0.2) is 18.2 Å². The molecule has 1 aromatic heterocycles. The standard InChI is InChI=1S/C16H20N2O2/c1-11(2)20-15-7-14(9-18-10-15)12-4-5-16(19-3)13(6-12)8-17/h4-7,9-11H,8,17H2,1-3H3. The van der Waals surface area contributed by atoms with E-state index in [0.29, 0.717) is 6.54 Å². The lowest BCUT2D eigenvalue weighted by Gasteiger charge is -2.12. The van der Waals surface area contributed by atoms with Crippen LogP contribution in [0.25, 0.3) is 11.1 Å². The smallest absolute Gasteiger partial charge is 0.138 e. The summed E-state index contributed by atoms with van der Waals surface area (Å²) in [6, 6.07) is 7.92. The van der Waals surface area contributed by atoms with Gasteiger partial charge in [-0.1, -0.05) is 6.07 Å². The van der Waals surface area contributed by atoms with Crippen molar-refractivity contribution < 1.29 is 9.47 Å². The Bertz CT molecular complexity index is 582. The second-order valence-corrected chi connectivity index (χ2v) is 4.81. The Hall–Kier alpha value is -2.07. The van der Waals surface area contributed by atoms with Crippen LogP contribution in [0.4, 0.5) is 0 Å². The summed E-state index contributed by atoms with van der Waals surface area (Å²) >= 11 is 0. The molecule has 4 heteroatoms. The Morgan fingerprint density at radius 3 is 2.60 bits per heavy atom. The Balaban J connectivity index is 2.36. The molecule has 2 rings (SSSR count). The molecule has 4 nitrogen and oxygen atoms in total. The number of ether oxygens (including phenoxy) is 2. The molecule has 0 spiro atoms. The van der Waals surface area contributed by atoms with Crippen LogP contribution in [0.5, 0.6) is 11.5 Å². The van der Waals surface area contributed by atoms with Gasteiger partial charge in [-0.3, -0.25) is 4.98 Å². The molecular formula is C16H20N2O2. The van der Waals surface area contributed by atoms with Crippen LogP contribution in [0.3, 0.4) is 0 Å². The first-order valence-corrected chi connectivity index (χ1v) is 6.63.